The van der Waals surface area contributed by atoms with Crippen molar-refractivity contribution in [2.45, 2.75) is 33.1 Å². The van der Waals surface area contributed by atoms with Crippen LogP contribution in [0.2, 0.25) is 10.0 Å². The molecule has 0 saturated heterocycles. The molecule has 18 nitrogen and oxygen atoms in total. The lowest BCUT2D eigenvalue weighted by atomic mass is 9.96. The summed E-state index contributed by atoms with van der Waals surface area (Å²) in [7, 11) is 10.1. The first-order chi connectivity index (χ1) is 45.1. The summed E-state index contributed by atoms with van der Waals surface area (Å²) in [6.07, 6.45) is 3.95. The Bertz CT molecular complexity index is 4230. The molecule has 6 aromatic carbocycles. The van der Waals surface area contributed by atoms with E-state index in [1.807, 2.05) is 13.8 Å². The highest BCUT2D eigenvalue weighted by molar-refractivity contribution is 9.10. The molecule has 24 heteroatoms. The molecule has 0 aliphatic heterocycles. The van der Waals surface area contributed by atoms with Crippen LogP contribution in [0.3, 0.4) is 0 Å². The standard InChI is InChI=1S/C24H22BrFN4O2.C24H22ClFN4O2.C23H20ClFN4O2/c2*1-14-4-5-15(19(10-14)24(32)29-22-9-7-17(25)13-28-22)12-21(31)18-8-6-16(11-20(18)26)23(27)30(2)3;1-29(2)22(26)15-7-9-18(19(25)11-15)20(30)12-14-5-3-4-6-17(14)23(31)28-21-10-8-16(24)13-27-21/h2*4-11,13,27H,12H2,1-3H3,(H,28,29,32);3-11,13,26H,12H2,1-2H3,(H,27,28,31). The summed E-state index contributed by atoms with van der Waals surface area (Å²) in [4.78, 5) is 93.7. The second-order valence-electron chi connectivity index (χ2n) is 22.0. The van der Waals surface area contributed by atoms with E-state index in [1.54, 1.807) is 166 Å². The van der Waals surface area contributed by atoms with Gasteiger partial charge in [0.15, 0.2) is 17.3 Å². The minimum absolute atomic E-state index is 0.0817. The second kappa shape index (κ2) is 32.8. The number of rotatable bonds is 18. The van der Waals surface area contributed by atoms with Gasteiger partial charge < -0.3 is 30.7 Å². The van der Waals surface area contributed by atoms with E-state index < -0.39 is 52.5 Å². The van der Waals surface area contributed by atoms with Gasteiger partial charge in [-0.3, -0.25) is 45.0 Å². The maximum atomic E-state index is 14.6. The highest BCUT2D eigenvalue weighted by Gasteiger charge is 2.23. The summed E-state index contributed by atoms with van der Waals surface area (Å²) < 4.78 is 44.6. The van der Waals surface area contributed by atoms with Gasteiger partial charge in [-0.25, -0.2) is 28.1 Å². The van der Waals surface area contributed by atoms with Gasteiger partial charge >= 0.3 is 0 Å². The van der Waals surface area contributed by atoms with Crippen LogP contribution in [0.4, 0.5) is 30.6 Å². The zero-order valence-corrected chi connectivity index (χ0v) is 55.8. The predicted molar refractivity (Wildman–Crippen MR) is 368 cm³/mol. The van der Waals surface area contributed by atoms with E-state index in [-0.39, 0.29) is 53.5 Å². The molecule has 3 heterocycles. The lowest BCUT2D eigenvalue weighted by molar-refractivity contribution is 0.0976. The summed E-state index contributed by atoms with van der Waals surface area (Å²) >= 11 is 14.9. The number of pyridine rings is 3. The Labute approximate surface area is 565 Å². The highest BCUT2D eigenvalue weighted by atomic mass is 79.9. The molecular weight excluding hydrogens is 1320 g/mol. The van der Waals surface area contributed by atoms with E-state index in [9.17, 15) is 41.9 Å². The molecule has 0 fully saturated rings. The average molecular weight is 1390 g/mol. The Kier molecular flexibility index (Phi) is 24.8. The molecule has 0 aliphatic rings. The largest absolute Gasteiger partial charge is 0.363 e. The predicted octanol–water partition coefficient (Wildman–Crippen LogP) is 14.0. The van der Waals surface area contributed by atoms with E-state index >= 15 is 0 Å². The fourth-order valence-corrected chi connectivity index (χ4v) is 9.61. The third-order valence-electron chi connectivity index (χ3n) is 14.2. The van der Waals surface area contributed by atoms with Gasteiger partial charge in [-0.1, -0.05) is 95.0 Å². The minimum Gasteiger partial charge on any atom is -0.363 e. The Morgan fingerprint density at radius 1 is 0.411 bits per heavy atom. The molecular formula is C71H64BrCl2F3N12O6. The van der Waals surface area contributed by atoms with Crippen molar-refractivity contribution >= 4 is 109 Å². The summed E-state index contributed by atoms with van der Waals surface area (Å²) in [5, 5.41) is 32.8. The number of carbonyl (C=O) groups is 6. The smallest absolute Gasteiger partial charge is 0.257 e. The monoisotopic (exact) mass is 1390 g/mol. The van der Waals surface area contributed by atoms with Gasteiger partial charge in [0.2, 0.25) is 0 Å². The number of nitrogens with zero attached hydrogens (tertiary/aromatic N) is 6. The topological polar surface area (TPSA) is 258 Å². The number of anilines is 3. The fourth-order valence-electron chi connectivity index (χ4n) is 9.15. The van der Waals surface area contributed by atoms with Crippen molar-refractivity contribution in [3.05, 3.63) is 280 Å². The molecule has 0 bridgehead atoms. The normalized spacial score (nSPS) is 10.5. The maximum absolute atomic E-state index is 14.6. The lowest BCUT2D eigenvalue weighted by Crippen LogP contribution is -2.22. The Hall–Kier alpha value is -10.6. The van der Waals surface area contributed by atoms with Crippen LogP contribution in [0.25, 0.3) is 0 Å². The molecule has 0 radical (unpaired) electrons. The van der Waals surface area contributed by atoms with Crippen molar-refractivity contribution in [1.82, 2.24) is 29.7 Å². The van der Waals surface area contributed by atoms with Crippen LogP contribution >= 0.6 is 39.1 Å². The van der Waals surface area contributed by atoms with Crippen LogP contribution in [0.15, 0.2) is 175 Å². The first kappa shape index (κ1) is 71.9. The van der Waals surface area contributed by atoms with Crippen LogP contribution < -0.4 is 16.0 Å². The van der Waals surface area contributed by atoms with Crippen LogP contribution in [-0.2, 0) is 19.3 Å². The quantitative estimate of drug-likeness (QED) is 0.0266. The summed E-state index contributed by atoms with van der Waals surface area (Å²) in [5.74, 6) is -3.33. The first-order valence-electron chi connectivity index (χ1n) is 28.9. The van der Waals surface area contributed by atoms with Crippen molar-refractivity contribution in [3.63, 3.8) is 0 Å². The fraction of sp³-hybridized carbons (Fsp3) is 0.155. The van der Waals surface area contributed by atoms with Gasteiger partial charge in [-0.2, -0.15) is 0 Å². The van der Waals surface area contributed by atoms with E-state index in [2.05, 4.69) is 46.8 Å². The Morgan fingerprint density at radius 3 is 1.05 bits per heavy atom. The van der Waals surface area contributed by atoms with Crippen molar-refractivity contribution in [2.75, 3.05) is 58.2 Å². The molecule has 95 heavy (non-hydrogen) atoms. The molecule has 0 atom stereocenters. The van der Waals surface area contributed by atoms with E-state index in [0.717, 1.165) is 15.6 Å². The lowest BCUT2D eigenvalue weighted by Gasteiger charge is -2.14. The minimum atomic E-state index is -0.707. The summed E-state index contributed by atoms with van der Waals surface area (Å²) in [6, 6.07) is 39.0. The van der Waals surface area contributed by atoms with E-state index in [0.29, 0.717) is 77.6 Å². The number of benzene rings is 6. The van der Waals surface area contributed by atoms with Gasteiger partial charge in [-0.05, 0) is 137 Å². The van der Waals surface area contributed by atoms with Crippen molar-refractivity contribution in [1.29, 1.82) is 16.2 Å². The number of ketones is 3. The van der Waals surface area contributed by atoms with Crippen LogP contribution in [-0.4, -0.2) is 125 Å². The number of carbonyl (C=O) groups excluding carboxylic acids is 6. The molecule has 6 N–H and O–H groups in total. The Morgan fingerprint density at radius 2 is 0.737 bits per heavy atom. The van der Waals surface area contributed by atoms with E-state index in [4.69, 9.17) is 39.4 Å². The first-order valence-corrected chi connectivity index (χ1v) is 30.4. The molecule has 9 rings (SSSR count). The van der Waals surface area contributed by atoms with Crippen LogP contribution in [0, 0.1) is 47.5 Å². The number of nitrogens with one attached hydrogen (secondary N) is 6. The third kappa shape index (κ3) is 19.7. The van der Waals surface area contributed by atoms with Gasteiger partial charge in [0.05, 0.1) is 26.7 Å². The molecule has 486 valence electrons. The summed E-state index contributed by atoms with van der Waals surface area (Å²) in [6.45, 7) is 3.68. The zero-order chi connectivity index (χ0) is 69.4. The number of hydrogen-bond donors (Lipinski definition) is 6. The molecule has 0 unspecified atom stereocenters. The number of amides is 3. The number of Topliss-reactive ketones (excluding diaryl/α,β-unsaturated/α-hetero) is 3. The molecule has 0 spiro atoms. The van der Waals surface area contributed by atoms with Gasteiger partial charge in [0.25, 0.3) is 17.7 Å². The van der Waals surface area contributed by atoms with Gasteiger partial charge in [0.1, 0.15) is 52.4 Å². The average Bonchev–Trinajstić information content (AvgIpc) is 0.870. The van der Waals surface area contributed by atoms with Crippen molar-refractivity contribution in [2.24, 2.45) is 0 Å². The maximum Gasteiger partial charge on any atom is 0.257 e. The Balaban J connectivity index is 0.000000201. The molecule has 9 aromatic rings. The molecule has 0 saturated carbocycles. The number of aryl methyl sites for hydroxylation is 2. The van der Waals surface area contributed by atoms with Crippen molar-refractivity contribution < 1.29 is 41.9 Å². The van der Waals surface area contributed by atoms with Gasteiger partial charge in [0, 0.05) is 118 Å². The zero-order valence-electron chi connectivity index (χ0n) is 52.7. The third-order valence-corrected chi connectivity index (χ3v) is 15.1. The second-order valence-corrected chi connectivity index (χ2v) is 23.8. The number of halogens is 6. The van der Waals surface area contributed by atoms with Crippen LogP contribution in [0.1, 0.15) is 107 Å². The van der Waals surface area contributed by atoms with Gasteiger partial charge in [-0.15, -0.1) is 0 Å². The SMILES string of the molecule is CN(C)C(=N)c1ccc(C(=O)Cc2ccccc2C(=O)Nc2ccc(Cl)cn2)c(F)c1.Cc1ccc(CC(=O)c2ccc(C(=N)N(C)C)cc2F)c(C(=O)Nc2ccc(Br)cn2)c1.Cc1ccc(CC(=O)c2ccc(C(=N)N(C)C)cc2F)c(C(=O)Nc2ccc(Cl)cn2)c1. The number of hydrogen-bond acceptors (Lipinski definition) is 12. The number of aromatic nitrogens is 3. The molecule has 0 aliphatic carbocycles. The summed E-state index contributed by atoms with van der Waals surface area (Å²) in [5.41, 5.74) is 4.89. The number of amidine groups is 3. The molecule has 3 amide bonds. The molecule has 3 aromatic heterocycles. The highest BCUT2D eigenvalue weighted by Crippen LogP contribution is 2.24. The van der Waals surface area contributed by atoms with Crippen molar-refractivity contribution in [3.8, 4) is 0 Å². The van der Waals surface area contributed by atoms with Crippen LogP contribution in [0.5, 0.6) is 0 Å². The van der Waals surface area contributed by atoms with E-state index in [1.165, 1.54) is 60.9 Å².